The number of fused-ring (bicyclic) bond motifs is 6. The third kappa shape index (κ3) is 6.14. The van der Waals surface area contributed by atoms with Crippen molar-refractivity contribution in [2.45, 2.75) is 96.6 Å². The zero-order valence-corrected chi connectivity index (χ0v) is 33.6. The summed E-state index contributed by atoms with van der Waals surface area (Å²) in [6.07, 6.45) is 0. The van der Waals surface area contributed by atoms with Crippen molar-refractivity contribution in [3.63, 3.8) is 0 Å². The van der Waals surface area contributed by atoms with Crippen molar-refractivity contribution in [3.05, 3.63) is 143 Å². The molecule has 0 saturated carbocycles. The highest BCUT2D eigenvalue weighted by Crippen LogP contribution is 2.57. The number of carbonyl (C=O) groups excluding carboxylic acids is 1. The first kappa shape index (κ1) is 37.5. The van der Waals surface area contributed by atoms with Gasteiger partial charge in [-0.3, -0.25) is 0 Å². The predicted molar refractivity (Wildman–Crippen MR) is 218 cm³/mol. The second-order valence-electron chi connectivity index (χ2n) is 17.2. The van der Waals surface area contributed by atoms with E-state index >= 15 is 0 Å². The Morgan fingerprint density at radius 3 is 1.40 bits per heavy atom. The monoisotopic (exact) mass is 764 g/mol. The minimum atomic E-state index is -1.24. The fourth-order valence-electron chi connectivity index (χ4n) is 7.87. The van der Waals surface area contributed by atoms with Crippen LogP contribution in [0.3, 0.4) is 0 Å². The summed E-state index contributed by atoms with van der Waals surface area (Å²) in [5.41, 5.74) is 3.24. The molecule has 0 radical (unpaired) electrons. The molecule has 4 aliphatic heterocycles. The third-order valence-electron chi connectivity index (χ3n) is 12.6. The number of hydrogen-bond donors (Lipinski definition) is 0. The molecule has 2 fully saturated rings. The van der Waals surface area contributed by atoms with Crippen molar-refractivity contribution in [1.82, 2.24) is 0 Å². The van der Waals surface area contributed by atoms with E-state index in [1.54, 1.807) is 6.07 Å². The summed E-state index contributed by atoms with van der Waals surface area (Å²) >= 11 is 0. The van der Waals surface area contributed by atoms with E-state index in [1.807, 2.05) is 159 Å². The van der Waals surface area contributed by atoms with Crippen molar-refractivity contribution >= 4 is 31.1 Å². The van der Waals surface area contributed by atoms with Crippen LogP contribution in [0.25, 0.3) is 0 Å². The molecule has 9 nitrogen and oxygen atoms in total. The minimum Gasteiger partial charge on any atom is -0.489 e. The lowest BCUT2D eigenvalue weighted by Crippen LogP contribution is -2.41. The number of hydrogen-bond acceptors (Lipinski definition) is 9. The van der Waals surface area contributed by atoms with Gasteiger partial charge in [-0.1, -0.05) is 66.7 Å². The quantitative estimate of drug-likeness (QED) is 0.115. The molecule has 2 saturated heterocycles. The highest BCUT2D eigenvalue weighted by Gasteiger charge is 2.55. The van der Waals surface area contributed by atoms with Crippen molar-refractivity contribution in [1.29, 1.82) is 0 Å². The van der Waals surface area contributed by atoms with E-state index in [0.29, 0.717) is 39.7 Å². The maximum absolute atomic E-state index is 13.5. The van der Waals surface area contributed by atoms with Gasteiger partial charge in [0.25, 0.3) is 0 Å². The predicted octanol–water partition coefficient (Wildman–Crippen LogP) is 8.01. The SMILES string of the molecule is CC1(C)OB(c2ccccc2COc2ccc3c(c2)Oc2cc(OCc4ccccc4B4OC(C)(C)C(C)(C)O4)ccc2C32OC(=O)c3ccccc32)OC1(C)C. The smallest absolute Gasteiger partial charge is 0.489 e. The van der Waals surface area contributed by atoms with E-state index in [4.69, 9.17) is 37.6 Å². The van der Waals surface area contributed by atoms with E-state index in [-0.39, 0.29) is 13.2 Å². The zero-order chi connectivity index (χ0) is 40.0. The first-order valence-electron chi connectivity index (χ1n) is 19.5. The Labute approximate surface area is 334 Å². The Hall–Kier alpha value is -5.06. The molecule has 9 rings (SSSR count). The van der Waals surface area contributed by atoms with Crippen LogP contribution in [0.1, 0.15) is 93.6 Å². The first-order valence-corrected chi connectivity index (χ1v) is 19.5. The van der Waals surface area contributed by atoms with Gasteiger partial charge < -0.3 is 37.6 Å². The minimum absolute atomic E-state index is 0.268. The Bertz CT molecular complexity index is 2240. The van der Waals surface area contributed by atoms with Crippen LogP contribution in [0.4, 0.5) is 0 Å². The Balaban J connectivity index is 1.02. The fourth-order valence-corrected chi connectivity index (χ4v) is 7.87. The van der Waals surface area contributed by atoms with Crippen molar-refractivity contribution in [3.8, 4) is 23.0 Å². The summed E-state index contributed by atoms with van der Waals surface area (Å²) in [4.78, 5) is 13.5. The van der Waals surface area contributed by atoms with Crippen LogP contribution < -0.4 is 25.1 Å². The molecule has 0 bridgehead atoms. The molecule has 5 aromatic carbocycles. The van der Waals surface area contributed by atoms with Gasteiger partial charge in [-0.25, -0.2) is 4.79 Å². The van der Waals surface area contributed by atoms with E-state index < -0.39 is 48.2 Å². The molecule has 0 aliphatic carbocycles. The van der Waals surface area contributed by atoms with Crippen LogP contribution in [0, 0.1) is 0 Å². The third-order valence-corrected chi connectivity index (χ3v) is 12.6. The molecule has 57 heavy (non-hydrogen) atoms. The highest BCUT2D eigenvalue weighted by molar-refractivity contribution is 6.63. The van der Waals surface area contributed by atoms with Gasteiger partial charge in [0.15, 0.2) is 5.60 Å². The lowest BCUT2D eigenvalue weighted by atomic mass is 9.76. The molecule has 0 amide bonds. The van der Waals surface area contributed by atoms with Crippen molar-refractivity contribution in [2.24, 2.45) is 0 Å². The van der Waals surface area contributed by atoms with Gasteiger partial charge in [0.2, 0.25) is 0 Å². The van der Waals surface area contributed by atoms with E-state index in [9.17, 15) is 4.79 Å². The van der Waals surface area contributed by atoms with Crippen LogP contribution in [-0.2, 0) is 42.2 Å². The van der Waals surface area contributed by atoms with Crippen molar-refractivity contribution < 1.29 is 42.4 Å². The number of carbonyl (C=O) groups is 1. The summed E-state index contributed by atoms with van der Waals surface area (Å²) in [6, 6.07) is 34.8. The average molecular weight is 764 g/mol. The lowest BCUT2D eigenvalue weighted by Gasteiger charge is -2.36. The number of benzene rings is 5. The summed E-state index contributed by atoms with van der Waals surface area (Å²) in [7, 11) is -1.05. The van der Waals surface area contributed by atoms with E-state index in [2.05, 4.69) is 0 Å². The molecule has 4 heterocycles. The molecular weight excluding hydrogens is 718 g/mol. The molecule has 11 heteroatoms. The Morgan fingerprint density at radius 2 is 0.930 bits per heavy atom. The normalized spacial score (nSPS) is 20.0. The molecule has 0 aromatic heterocycles. The molecule has 5 aromatic rings. The van der Waals surface area contributed by atoms with Gasteiger partial charge in [-0.15, -0.1) is 0 Å². The number of esters is 1. The van der Waals surface area contributed by atoms with Crippen LogP contribution in [-0.4, -0.2) is 42.6 Å². The molecule has 290 valence electrons. The summed E-state index contributed by atoms with van der Waals surface area (Å²) in [5, 5.41) is 0. The van der Waals surface area contributed by atoms with Gasteiger partial charge in [0, 0.05) is 28.8 Å². The second-order valence-corrected chi connectivity index (χ2v) is 17.2. The molecule has 0 N–H and O–H groups in total. The van der Waals surface area contributed by atoms with Gasteiger partial charge in [0.05, 0.1) is 28.0 Å². The lowest BCUT2D eigenvalue weighted by molar-refractivity contribution is 0.00578. The Morgan fingerprint density at radius 1 is 0.509 bits per heavy atom. The standard InChI is InChI=1S/C46H46B2O9/c1-42(2)43(3,4)55-47(54-42)37-19-13-9-15-29(37)27-50-31-21-23-35-39(25-31)52-40-26-32(22-24-36(40)46(35)34-18-12-11-17-33(34)41(49)53-46)51-28-30-16-10-14-20-38(30)48-56-44(5,6)45(7,8)57-48/h9-26H,27-28H2,1-8H3. The number of rotatable bonds is 8. The summed E-state index contributed by atoms with van der Waals surface area (Å²) in [6.45, 7) is 16.9. The molecule has 0 atom stereocenters. The van der Waals surface area contributed by atoms with Crippen LogP contribution >= 0.6 is 0 Å². The van der Waals surface area contributed by atoms with Crippen LogP contribution in [0.2, 0.25) is 0 Å². The molecule has 1 spiro atoms. The second kappa shape index (κ2) is 13.2. The topological polar surface area (TPSA) is 90.9 Å². The average Bonchev–Trinajstić information content (AvgIpc) is 3.69. The molecule has 4 aliphatic rings. The summed E-state index contributed by atoms with van der Waals surface area (Å²) < 4.78 is 51.5. The van der Waals surface area contributed by atoms with Crippen LogP contribution in [0.15, 0.2) is 109 Å². The van der Waals surface area contributed by atoms with Gasteiger partial charge in [-0.05, 0) is 108 Å². The van der Waals surface area contributed by atoms with E-state index in [1.165, 1.54) is 0 Å². The molecular formula is C46H46B2O9. The fraction of sp³-hybridized carbons (Fsp3) is 0.326. The van der Waals surface area contributed by atoms with Gasteiger partial charge in [0.1, 0.15) is 36.2 Å². The summed E-state index contributed by atoms with van der Waals surface area (Å²) in [5.74, 6) is 1.78. The first-order chi connectivity index (χ1) is 27.1. The maximum Gasteiger partial charge on any atom is 0.495 e. The van der Waals surface area contributed by atoms with E-state index in [0.717, 1.165) is 27.6 Å². The van der Waals surface area contributed by atoms with Crippen molar-refractivity contribution in [2.75, 3.05) is 0 Å². The number of ether oxygens (including phenoxy) is 4. The van der Waals surface area contributed by atoms with Gasteiger partial charge in [-0.2, -0.15) is 0 Å². The molecule has 0 unspecified atom stereocenters. The highest BCUT2D eigenvalue weighted by atomic mass is 16.7. The van der Waals surface area contributed by atoms with Crippen LogP contribution in [0.5, 0.6) is 23.0 Å². The Kier molecular flexibility index (Phi) is 8.72. The van der Waals surface area contributed by atoms with Gasteiger partial charge >= 0.3 is 20.2 Å². The zero-order valence-electron chi connectivity index (χ0n) is 33.6. The maximum atomic E-state index is 13.5. The largest absolute Gasteiger partial charge is 0.495 e.